The highest BCUT2D eigenvalue weighted by molar-refractivity contribution is 7.18. The number of thiazole rings is 1. The van der Waals surface area contributed by atoms with Gasteiger partial charge in [-0.05, 0) is 29.7 Å². The number of nitrogens with zero attached hydrogens (tertiary/aromatic N) is 2. The Morgan fingerprint density at radius 2 is 2.10 bits per heavy atom. The molecule has 2 nitrogen and oxygen atoms in total. The first-order valence-corrected chi connectivity index (χ1v) is 7.87. The highest BCUT2D eigenvalue weighted by atomic mass is 32.1. The molecule has 0 saturated heterocycles. The molecule has 0 bridgehead atoms. The van der Waals surface area contributed by atoms with Crippen LogP contribution < -0.4 is 0 Å². The van der Waals surface area contributed by atoms with Crippen LogP contribution in [0.3, 0.4) is 0 Å². The van der Waals surface area contributed by atoms with Gasteiger partial charge in [0.1, 0.15) is 0 Å². The highest BCUT2D eigenvalue weighted by Crippen LogP contribution is 2.28. The number of fused-ring (bicyclic) bond motifs is 1. The van der Waals surface area contributed by atoms with E-state index in [2.05, 4.69) is 43.1 Å². The van der Waals surface area contributed by atoms with E-state index in [0.717, 1.165) is 17.5 Å². The summed E-state index contributed by atoms with van der Waals surface area (Å²) in [6.07, 6.45) is 5.98. The van der Waals surface area contributed by atoms with Crippen molar-refractivity contribution in [2.75, 3.05) is 0 Å². The van der Waals surface area contributed by atoms with Crippen LogP contribution in [-0.2, 0) is 6.42 Å². The van der Waals surface area contributed by atoms with Crippen molar-refractivity contribution in [3.63, 3.8) is 0 Å². The maximum absolute atomic E-state index is 4.78. The van der Waals surface area contributed by atoms with Gasteiger partial charge in [-0.15, -0.1) is 11.3 Å². The van der Waals surface area contributed by atoms with Crippen molar-refractivity contribution in [2.45, 2.75) is 26.7 Å². The lowest BCUT2D eigenvalue weighted by Gasteiger charge is -2.03. The molecule has 3 heteroatoms. The molecule has 1 atom stereocenters. The van der Waals surface area contributed by atoms with Crippen LogP contribution >= 0.6 is 11.3 Å². The third kappa shape index (κ3) is 2.73. The zero-order valence-corrected chi connectivity index (χ0v) is 12.7. The fraction of sp³-hybridized carbons (Fsp3) is 0.294. The van der Waals surface area contributed by atoms with Gasteiger partial charge in [-0.1, -0.05) is 32.4 Å². The van der Waals surface area contributed by atoms with Gasteiger partial charge in [0.15, 0.2) is 0 Å². The summed E-state index contributed by atoms with van der Waals surface area (Å²) in [6, 6.07) is 10.6. The summed E-state index contributed by atoms with van der Waals surface area (Å²) in [6.45, 7) is 4.52. The molecule has 2 heterocycles. The zero-order valence-electron chi connectivity index (χ0n) is 11.8. The molecule has 0 aliphatic carbocycles. The summed E-state index contributed by atoms with van der Waals surface area (Å²) in [7, 11) is 0. The maximum atomic E-state index is 4.78. The third-order valence-electron chi connectivity index (χ3n) is 3.65. The van der Waals surface area contributed by atoms with Gasteiger partial charge in [0.05, 0.1) is 15.2 Å². The quantitative estimate of drug-likeness (QED) is 0.677. The Labute approximate surface area is 123 Å². The second-order valence-corrected chi connectivity index (χ2v) is 6.36. The van der Waals surface area contributed by atoms with Crippen molar-refractivity contribution in [3.05, 3.63) is 47.7 Å². The molecule has 0 aliphatic heterocycles. The second-order valence-electron chi connectivity index (χ2n) is 5.25. The zero-order chi connectivity index (χ0) is 13.9. The van der Waals surface area contributed by atoms with Gasteiger partial charge in [0.25, 0.3) is 0 Å². The molecule has 20 heavy (non-hydrogen) atoms. The molecule has 0 radical (unpaired) electrons. The van der Waals surface area contributed by atoms with Crippen molar-refractivity contribution < 1.29 is 0 Å². The Bertz CT molecular complexity index is 703. The molecular weight excluding hydrogens is 264 g/mol. The molecule has 0 spiro atoms. The minimum atomic E-state index is 0.702. The van der Waals surface area contributed by atoms with Crippen LogP contribution in [0.15, 0.2) is 42.7 Å². The van der Waals surface area contributed by atoms with Gasteiger partial charge in [0, 0.05) is 24.4 Å². The molecule has 0 aliphatic rings. The fourth-order valence-electron chi connectivity index (χ4n) is 2.22. The lowest BCUT2D eigenvalue weighted by Crippen LogP contribution is -1.96. The van der Waals surface area contributed by atoms with E-state index in [1.54, 1.807) is 6.20 Å². The van der Waals surface area contributed by atoms with E-state index in [-0.39, 0.29) is 0 Å². The largest absolute Gasteiger partial charge is 0.264 e. The van der Waals surface area contributed by atoms with E-state index in [9.17, 15) is 0 Å². The van der Waals surface area contributed by atoms with Crippen LogP contribution in [0.1, 0.15) is 25.3 Å². The van der Waals surface area contributed by atoms with Crippen molar-refractivity contribution in [2.24, 2.45) is 5.92 Å². The van der Waals surface area contributed by atoms with E-state index in [1.807, 2.05) is 23.6 Å². The number of benzene rings is 1. The average molecular weight is 282 g/mol. The molecule has 3 aromatic rings. The summed E-state index contributed by atoms with van der Waals surface area (Å²) in [4.78, 5) is 8.96. The van der Waals surface area contributed by atoms with Crippen LogP contribution in [0, 0.1) is 5.92 Å². The smallest absolute Gasteiger partial charge is 0.0941 e. The Kier molecular flexibility index (Phi) is 3.79. The second kappa shape index (κ2) is 5.71. The monoisotopic (exact) mass is 282 g/mol. The van der Waals surface area contributed by atoms with Crippen molar-refractivity contribution >= 4 is 21.6 Å². The predicted octanol–water partition coefficient (Wildman–Crippen LogP) is 4.95. The number of aromatic nitrogens is 2. The first-order valence-electron chi connectivity index (χ1n) is 7.06. The summed E-state index contributed by atoms with van der Waals surface area (Å²) >= 11 is 1.82. The molecule has 0 saturated carbocycles. The molecule has 1 aromatic carbocycles. The van der Waals surface area contributed by atoms with Crippen LogP contribution in [0.5, 0.6) is 0 Å². The summed E-state index contributed by atoms with van der Waals surface area (Å²) in [5, 5.41) is 1.25. The molecular formula is C17H18N2S. The average Bonchev–Trinajstić information content (AvgIpc) is 2.89. The maximum Gasteiger partial charge on any atom is 0.0941 e. The van der Waals surface area contributed by atoms with Crippen LogP contribution in [0.2, 0.25) is 0 Å². The standard InChI is InChI=1S/C17H18N2S/c1-3-12(2)9-17-19-15-10-13(6-7-16(15)20-17)14-5-4-8-18-11-14/h4-8,10-12H,3,9H2,1-2H3. The fourth-order valence-corrected chi connectivity index (χ4v) is 3.33. The SMILES string of the molecule is CCC(C)Cc1nc2cc(-c3cccnc3)ccc2s1. The van der Waals surface area contributed by atoms with E-state index < -0.39 is 0 Å². The topological polar surface area (TPSA) is 25.8 Å². The Hall–Kier alpha value is -1.74. The van der Waals surface area contributed by atoms with E-state index >= 15 is 0 Å². The minimum absolute atomic E-state index is 0.702. The Balaban J connectivity index is 1.95. The van der Waals surface area contributed by atoms with Crippen molar-refractivity contribution in [3.8, 4) is 11.1 Å². The molecule has 1 unspecified atom stereocenters. The van der Waals surface area contributed by atoms with Gasteiger partial charge in [-0.2, -0.15) is 0 Å². The highest BCUT2D eigenvalue weighted by Gasteiger charge is 2.08. The van der Waals surface area contributed by atoms with Crippen LogP contribution in [0.25, 0.3) is 21.3 Å². The van der Waals surface area contributed by atoms with Crippen molar-refractivity contribution in [1.82, 2.24) is 9.97 Å². The molecule has 0 fully saturated rings. The first-order chi connectivity index (χ1) is 9.76. The predicted molar refractivity (Wildman–Crippen MR) is 86.0 cm³/mol. The molecule has 0 N–H and O–H groups in total. The molecule has 102 valence electrons. The molecule has 3 rings (SSSR count). The minimum Gasteiger partial charge on any atom is -0.264 e. The summed E-state index contributed by atoms with van der Waals surface area (Å²) < 4.78 is 1.27. The molecule has 2 aromatic heterocycles. The summed E-state index contributed by atoms with van der Waals surface area (Å²) in [5.74, 6) is 0.702. The van der Waals surface area contributed by atoms with Crippen molar-refractivity contribution in [1.29, 1.82) is 0 Å². The molecule has 0 amide bonds. The van der Waals surface area contributed by atoms with Crippen LogP contribution in [0.4, 0.5) is 0 Å². The van der Waals surface area contributed by atoms with Gasteiger partial charge in [-0.25, -0.2) is 4.98 Å². The van der Waals surface area contributed by atoms with E-state index in [0.29, 0.717) is 5.92 Å². The van der Waals surface area contributed by atoms with Crippen LogP contribution in [-0.4, -0.2) is 9.97 Å². The Morgan fingerprint density at radius 3 is 2.85 bits per heavy atom. The third-order valence-corrected chi connectivity index (χ3v) is 4.71. The Morgan fingerprint density at radius 1 is 1.20 bits per heavy atom. The normalized spacial score (nSPS) is 12.7. The lowest BCUT2D eigenvalue weighted by atomic mass is 10.1. The van der Waals surface area contributed by atoms with Gasteiger partial charge in [-0.3, -0.25) is 4.98 Å². The number of rotatable bonds is 4. The van der Waals surface area contributed by atoms with Gasteiger partial charge >= 0.3 is 0 Å². The number of pyridine rings is 1. The van der Waals surface area contributed by atoms with E-state index in [1.165, 1.54) is 21.7 Å². The lowest BCUT2D eigenvalue weighted by molar-refractivity contribution is 0.559. The van der Waals surface area contributed by atoms with Gasteiger partial charge < -0.3 is 0 Å². The summed E-state index contributed by atoms with van der Waals surface area (Å²) in [5.41, 5.74) is 3.44. The number of hydrogen-bond acceptors (Lipinski definition) is 3. The van der Waals surface area contributed by atoms with Gasteiger partial charge in [0.2, 0.25) is 0 Å². The van der Waals surface area contributed by atoms with E-state index in [4.69, 9.17) is 4.98 Å². The number of hydrogen-bond donors (Lipinski definition) is 0. The first kappa shape index (κ1) is 13.3.